The second-order valence-corrected chi connectivity index (χ2v) is 16.4. The van der Waals surface area contributed by atoms with E-state index in [1.165, 1.54) is 27.8 Å². The van der Waals surface area contributed by atoms with E-state index in [0.29, 0.717) is 0 Å². The summed E-state index contributed by atoms with van der Waals surface area (Å²) in [6.45, 7) is 22.7. The smallest absolute Gasteiger partial charge is 0.162 e. The molecule has 3 nitrogen and oxygen atoms in total. The number of hydrogen-bond donors (Lipinski definition) is 1. The SMILES string of the molecule is CCC(CC)C(=O)/C=C(\O)C(CC)CC.Cc1c(C(F)C(C)(C)C)ccc2c1sc1c(-c3[c-]c4ccccc4c(C(C)(C)C)c3)nccc12.[Ir]. The number of benzene rings is 3. The number of fused-ring (bicyclic) bond motifs is 4. The van der Waals surface area contributed by atoms with Gasteiger partial charge < -0.3 is 5.11 Å². The van der Waals surface area contributed by atoms with E-state index in [9.17, 15) is 9.90 Å². The number of carbonyl (C=O) groups is 1. The summed E-state index contributed by atoms with van der Waals surface area (Å²) in [6.07, 6.45) is 5.78. The monoisotopic (exact) mass is 873 g/mol. The first kappa shape index (κ1) is 41.5. The van der Waals surface area contributed by atoms with E-state index in [-0.39, 0.29) is 48.9 Å². The molecule has 0 spiro atoms. The Hall–Kier alpha value is -2.92. The first-order chi connectivity index (χ1) is 23.1. The fraction of sp³-hybridized carbons (Fsp3) is 0.455. The van der Waals surface area contributed by atoms with Gasteiger partial charge in [0.05, 0.1) is 5.76 Å². The van der Waals surface area contributed by atoms with Crippen molar-refractivity contribution in [3.63, 3.8) is 0 Å². The zero-order valence-electron chi connectivity index (χ0n) is 31.8. The summed E-state index contributed by atoms with van der Waals surface area (Å²) in [5.41, 5.74) is 4.62. The third kappa shape index (κ3) is 8.92. The summed E-state index contributed by atoms with van der Waals surface area (Å²) >= 11 is 1.72. The molecule has 2 aromatic heterocycles. The molecule has 271 valence electrons. The molecule has 0 aliphatic carbocycles. The van der Waals surface area contributed by atoms with Gasteiger partial charge in [0.2, 0.25) is 0 Å². The van der Waals surface area contributed by atoms with Gasteiger partial charge in [0.15, 0.2) is 5.78 Å². The van der Waals surface area contributed by atoms with E-state index in [1.54, 1.807) is 11.3 Å². The molecule has 6 heteroatoms. The summed E-state index contributed by atoms with van der Waals surface area (Å²) in [5.74, 6) is 0.547. The van der Waals surface area contributed by atoms with Gasteiger partial charge in [-0.3, -0.25) is 9.78 Å². The first-order valence-corrected chi connectivity index (χ1v) is 18.7. The van der Waals surface area contributed by atoms with E-state index in [2.05, 4.69) is 76.2 Å². The van der Waals surface area contributed by atoms with Crippen molar-refractivity contribution in [2.24, 2.45) is 17.3 Å². The van der Waals surface area contributed by atoms with Crippen molar-refractivity contribution >= 4 is 48.1 Å². The summed E-state index contributed by atoms with van der Waals surface area (Å²) in [7, 11) is 0. The minimum Gasteiger partial charge on any atom is -0.512 e. The van der Waals surface area contributed by atoms with Crippen molar-refractivity contribution in [1.82, 2.24) is 4.98 Å². The summed E-state index contributed by atoms with van der Waals surface area (Å²) < 4.78 is 17.6. The number of aryl methyl sites for hydroxylation is 1. The Bertz CT molecular complexity index is 1950. The van der Waals surface area contributed by atoms with Gasteiger partial charge in [0.25, 0.3) is 0 Å². The second kappa shape index (κ2) is 17.1. The molecule has 50 heavy (non-hydrogen) atoms. The number of nitrogens with zero attached hydrogens (tertiary/aromatic N) is 1. The van der Waals surface area contributed by atoms with E-state index in [1.807, 2.05) is 60.7 Å². The molecule has 5 aromatic rings. The normalized spacial score (nSPS) is 13.1. The zero-order valence-corrected chi connectivity index (χ0v) is 35.0. The van der Waals surface area contributed by atoms with Gasteiger partial charge in [-0.25, -0.2) is 4.39 Å². The Labute approximate surface area is 317 Å². The van der Waals surface area contributed by atoms with Gasteiger partial charge >= 0.3 is 0 Å². The molecular formula is C44H55FIrNO2S-. The molecule has 0 fully saturated rings. The number of aliphatic hydroxyl groups excluding tert-OH is 1. The van der Waals surface area contributed by atoms with Crippen LogP contribution < -0.4 is 0 Å². The predicted octanol–water partition coefficient (Wildman–Crippen LogP) is 13.6. The largest absolute Gasteiger partial charge is 0.512 e. The van der Waals surface area contributed by atoms with Gasteiger partial charge in [-0.05, 0) is 66.0 Å². The number of pyridine rings is 1. The molecule has 0 bridgehead atoms. The number of halogens is 1. The quantitative estimate of drug-likeness (QED) is 0.0912. The fourth-order valence-corrected chi connectivity index (χ4v) is 7.92. The van der Waals surface area contributed by atoms with Crippen molar-refractivity contribution in [3.8, 4) is 11.3 Å². The molecule has 1 atom stereocenters. The summed E-state index contributed by atoms with van der Waals surface area (Å²) in [5, 5.41) is 14.4. The zero-order chi connectivity index (χ0) is 36.3. The Morgan fingerprint density at radius 2 is 1.48 bits per heavy atom. The molecule has 1 unspecified atom stereocenters. The van der Waals surface area contributed by atoms with Crippen LogP contribution >= 0.6 is 11.3 Å². The summed E-state index contributed by atoms with van der Waals surface area (Å²) in [4.78, 5) is 16.5. The molecule has 3 aromatic carbocycles. The number of thiophene rings is 1. The average molecular weight is 873 g/mol. The standard InChI is InChI=1S/C31H31FNS.C13H24O2.Ir/c1-18-21(29(32)31(5,6)7)12-13-23-24-14-15-33-26(28(24)34-27(18)23)20-16-19-10-8-9-11-22(19)25(17-20)30(2,3)4;1-5-10(6-2)12(14)9-13(15)11(7-3)8-4;/h8-15,17,29H,1-7H3;9-11,14H,5-8H2,1-4H3;/q-1;;/b;12-9-;. The molecule has 2 heterocycles. The van der Waals surface area contributed by atoms with Crippen LogP contribution in [0.15, 0.2) is 66.6 Å². The van der Waals surface area contributed by atoms with Crippen LogP contribution in [0, 0.1) is 30.2 Å². The van der Waals surface area contributed by atoms with Crippen LogP contribution in [-0.2, 0) is 30.3 Å². The third-order valence-electron chi connectivity index (χ3n) is 9.80. The number of ketones is 1. The van der Waals surface area contributed by atoms with Crippen molar-refractivity contribution < 1.29 is 34.4 Å². The number of allylic oxidation sites excluding steroid dienone is 2. The average Bonchev–Trinajstić information content (AvgIpc) is 3.44. The Kier molecular flexibility index (Phi) is 14.2. The van der Waals surface area contributed by atoms with Gasteiger partial charge in [0.1, 0.15) is 6.17 Å². The van der Waals surface area contributed by atoms with E-state index in [4.69, 9.17) is 4.98 Å². The van der Waals surface area contributed by atoms with Crippen LogP contribution in [0.25, 0.3) is 42.2 Å². The third-order valence-corrected chi connectivity index (χ3v) is 11.1. The van der Waals surface area contributed by atoms with Gasteiger partial charge in [-0.1, -0.05) is 111 Å². The maximum atomic E-state index is 15.3. The van der Waals surface area contributed by atoms with E-state index < -0.39 is 11.6 Å². The number of aliphatic hydroxyl groups is 1. The topological polar surface area (TPSA) is 50.2 Å². The molecule has 0 saturated carbocycles. The van der Waals surface area contributed by atoms with Gasteiger partial charge in [-0.15, -0.1) is 40.5 Å². The molecule has 1 radical (unpaired) electrons. The number of aromatic nitrogens is 1. The molecule has 0 aliphatic heterocycles. The van der Waals surface area contributed by atoms with Crippen LogP contribution in [0.1, 0.15) is 118 Å². The van der Waals surface area contributed by atoms with Crippen LogP contribution in [0.5, 0.6) is 0 Å². The second-order valence-electron chi connectivity index (χ2n) is 15.4. The van der Waals surface area contributed by atoms with Crippen molar-refractivity contribution in [1.29, 1.82) is 0 Å². The van der Waals surface area contributed by atoms with Crippen molar-refractivity contribution in [2.45, 2.75) is 113 Å². The molecule has 5 rings (SSSR count). The molecular weight excluding hydrogens is 818 g/mol. The maximum Gasteiger partial charge on any atom is 0.162 e. The molecule has 0 saturated heterocycles. The van der Waals surface area contributed by atoms with Crippen LogP contribution in [-0.4, -0.2) is 15.9 Å². The minimum atomic E-state index is -1.01. The fourth-order valence-electron chi connectivity index (χ4n) is 6.61. The van der Waals surface area contributed by atoms with Crippen LogP contribution in [0.4, 0.5) is 4.39 Å². The minimum absolute atomic E-state index is 0. The van der Waals surface area contributed by atoms with E-state index >= 15 is 4.39 Å². The maximum absolute atomic E-state index is 15.3. The molecule has 1 N–H and O–H groups in total. The Morgan fingerprint density at radius 1 is 0.880 bits per heavy atom. The molecule has 0 amide bonds. The van der Waals surface area contributed by atoms with E-state index in [0.717, 1.165) is 62.9 Å². The van der Waals surface area contributed by atoms with Crippen molar-refractivity contribution in [3.05, 3.63) is 89.3 Å². The number of hydrogen-bond acceptors (Lipinski definition) is 4. The number of rotatable bonds is 9. The Morgan fingerprint density at radius 3 is 2.06 bits per heavy atom. The van der Waals surface area contributed by atoms with Crippen molar-refractivity contribution in [2.75, 3.05) is 0 Å². The van der Waals surface area contributed by atoms with Crippen LogP contribution in [0.2, 0.25) is 0 Å². The number of alkyl halides is 1. The van der Waals surface area contributed by atoms with Crippen LogP contribution in [0.3, 0.4) is 0 Å². The predicted molar refractivity (Wildman–Crippen MR) is 210 cm³/mol. The van der Waals surface area contributed by atoms with Gasteiger partial charge in [-0.2, -0.15) is 0 Å². The number of carbonyl (C=O) groups excluding carboxylic acids is 1. The first-order valence-electron chi connectivity index (χ1n) is 17.9. The Balaban J connectivity index is 0.000000361. The van der Waals surface area contributed by atoms with Gasteiger partial charge in [0, 0.05) is 64.7 Å². The molecule has 0 aliphatic rings. The summed E-state index contributed by atoms with van der Waals surface area (Å²) in [6, 6.07) is 20.5.